The summed E-state index contributed by atoms with van der Waals surface area (Å²) in [5, 5.41) is 9.33. The van der Waals surface area contributed by atoms with Gasteiger partial charge in [0.25, 0.3) is 0 Å². The molecule has 3 N–H and O–H groups in total. The van der Waals surface area contributed by atoms with E-state index in [4.69, 9.17) is 5.73 Å². The van der Waals surface area contributed by atoms with Crippen LogP contribution in [0.3, 0.4) is 0 Å². The summed E-state index contributed by atoms with van der Waals surface area (Å²) >= 11 is 0. The quantitative estimate of drug-likeness (QED) is 0.248. The van der Waals surface area contributed by atoms with Crippen LogP contribution in [0.2, 0.25) is 0 Å². The summed E-state index contributed by atoms with van der Waals surface area (Å²) in [4.78, 5) is 97.9. The smallest absolute Gasteiger partial charge is 0.323 e. The number of benzene rings is 1. The highest BCUT2D eigenvalue weighted by molar-refractivity contribution is 5.95. The molecule has 14 heteroatoms. The third-order valence-electron chi connectivity index (χ3n) is 8.33. The Balaban J connectivity index is 2.38. The van der Waals surface area contributed by atoms with Gasteiger partial charge in [-0.05, 0) is 37.7 Å². The Kier molecular flexibility index (Phi) is 15.2. The Bertz CT molecular complexity index is 1350. The molecule has 1 aliphatic rings. The molecule has 1 heterocycles. The van der Waals surface area contributed by atoms with Crippen LogP contribution in [0.25, 0.3) is 0 Å². The first kappa shape index (κ1) is 40.7. The molecule has 0 spiro atoms. The lowest BCUT2D eigenvalue weighted by Gasteiger charge is -2.36. The second-order valence-corrected chi connectivity index (χ2v) is 14.1. The lowest BCUT2D eigenvalue weighted by atomic mass is 9.93. The van der Waals surface area contributed by atoms with E-state index in [1.165, 1.54) is 9.80 Å². The standard InChI is InChI=1S/C35H54N6O8/c1-8-25(4)41(34(49)35(5,6)7)22-31(45)40-16-12-15-27(40)33(48)39(18-26-13-10-9-11-14-26)21-30(44)38(19-28(36)42)20-29(43)37(17-24(2)3)23-32(46)47/h9-11,13-14,24-25,27H,8,12,15-23H2,1-7H3,(H2,36,42)(H,46,47)/t25-,27-/m0/s1. The number of hydrogen-bond donors (Lipinski definition) is 2. The fraction of sp³-hybridized carbons (Fsp3) is 0.629. The Labute approximate surface area is 289 Å². The van der Waals surface area contributed by atoms with E-state index < -0.39 is 67.2 Å². The van der Waals surface area contributed by atoms with Gasteiger partial charge in [0.1, 0.15) is 32.2 Å². The Hall–Kier alpha value is -4.49. The molecule has 0 aliphatic carbocycles. The number of carbonyl (C=O) groups excluding carboxylic acids is 6. The number of hydrogen-bond acceptors (Lipinski definition) is 7. The van der Waals surface area contributed by atoms with Gasteiger partial charge in [0.2, 0.25) is 35.4 Å². The third kappa shape index (κ3) is 12.5. The molecular weight excluding hydrogens is 632 g/mol. The minimum Gasteiger partial charge on any atom is -0.480 e. The zero-order valence-corrected chi connectivity index (χ0v) is 30.0. The van der Waals surface area contributed by atoms with Crippen LogP contribution in [0.5, 0.6) is 0 Å². The van der Waals surface area contributed by atoms with E-state index in [1.807, 2.05) is 27.7 Å². The first-order valence-corrected chi connectivity index (χ1v) is 16.8. The third-order valence-corrected chi connectivity index (χ3v) is 8.33. The van der Waals surface area contributed by atoms with Crippen LogP contribution in [0.4, 0.5) is 0 Å². The number of nitrogens with zero attached hydrogens (tertiary/aromatic N) is 5. The molecule has 14 nitrogen and oxygen atoms in total. The SMILES string of the molecule is CC[C@H](C)N(CC(=O)N1CCC[C@H]1C(=O)N(CC(=O)N(CC(N)=O)CC(=O)N(CC(=O)O)CC(C)C)Cc1ccccc1)C(=O)C(C)(C)C. The predicted molar refractivity (Wildman–Crippen MR) is 182 cm³/mol. The highest BCUT2D eigenvalue weighted by Gasteiger charge is 2.40. The van der Waals surface area contributed by atoms with Crippen molar-refractivity contribution in [2.75, 3.05) is 45.8 Å². The zero-order chi connectivity index (χ0) is 37.1. The van der Waals surface area contributed by atoms with Gasteiger partial charge in [0, 0.05) is 31.1 Å². The summed E-state index contributed by atoms with van der Waals surface area (Å²) in [6.07, 6.45) is 1.53. The maximum absolute atomic E-state index is 14.2. The van der Waals surface area contributed by atoms with Crippen molar-refractivity contribution in [1.29, 1.82) is 0 Å². The van der Waals surface area contributed by atoms with Crippen LogP contribution in [0, 0.1) is 11.3 Å². The van der Waals surface area contributed by atoms with Crippen molar-refractivity contribution in [1.82, 2.24) is 24.5 Å². The topological polar surface area (TPSA) is 182 Å². The van der Waals surface area contributed by atoms with Gasteiger partial charge in [-0.3, -0.25) is 33.6 Å². The van der Waals surface area contributed by atoms with E-state index in [0.29, 0.717) is 31.4 Å². The van der Waals surface area contributed by atoms with Gasteiger partial charge in [-0.15, -0.1) is 0 Å². The molecule has 2 rings (SSSR count). The lowest BCUT2D eigenvalue weighted by Crippen LogP contribution is -2.55. The zero-order valence-electron chi connectivity index (χ0n) is 30.0. The van der Waals surface area contributed by atoms with Crippen LogP contribution in [0.1, 0.15) is 73.3 Å². The van der Waals surface area contributed by atoms with Gasteiger partial charge in [0.05, 0.1) is 6.54 Å². The molecule has 2 atom stereocenters. The van der Waals surface area contributed by atoms with Crippen molar-refractivity contribution in [3.05, 3.63) is 35.9 Å². The van der Waals surface area contributed by atoms with Crippen LogP contribution >= 0.6 is 0 Å². The minimum absolute atomic E-state index is 0.00228. The molecule has 272 valence electrons. The van der Waals surface area contributed by atoms with Crippen molar-refractivity contribution >= 4 is 41.4 Å². The fourth-order valence-corrected chi connectivity index (χ4v) is 5.67. The normalized spacial score (nSPS) is 15.0. The molecule has 1 aromatic carbocycles. The molecule has 0 saturated carbocycles. The number of carboxylic acid groups (broad SMARTS) is 1. The number of nitrogens with two attached hydrogens (primary N) is 1. The number of amides is 6. The van der Waals surface area contributed by atoms with E-state index in [9.17, 15) is 38.7 Å². The number of primary amides is 1. The van der Waals surface area contributed by atoms with E-state index in [2.05, 4.69) is 0 Å². The van der Waals surface area contributed by atoms with E-state index in [-0.39, 0.29) is 43.4 Å². The number of carbonyl (C=O) groups is 7. The lowest BCUT2D eigenvalue weighted by molar-refractivity contribution is -0.152. The van der Waals surface area contributed by atoms with Crippen LogP contribution in [-0.4, -0.2) is 129 Å². The Morgan fingerprint density at radius 1 is 0.878 bits per heavy atom. The Morgan fingerprint density at radius 3 is 2.00 bits per heavy atom. The minimum atomic E-state index is -1.23. The molecule has 6 amide bonds. The number of likely N-dealkylation sites (tertiary alicyclic amines) is 1. The molecule has 1 saturated heterocycles. The summed E-state index contributed by atoms with van der Waals surface area (Å²) in [7, 11) is 0. The van der Waals surface area contributed by atoms with E-state index >= 15 is 0 Å². The van der Waals surface area contributed by atoms with Crippen LogP contribution in [0.15, 0.2) is 30.3 Å². The van der Waals surface area contributed by atoms with Gasteiger partial charge in [-0.25, -0.2) is 0 Å². The highest BCUT2D eigenvalue weighted by Crippen LogP contribution is 2.24. The second-order valence-electron chi connectivity index (χ2n) is 14.1. The average molecular weight is 687 g/mol. The van der Waals surface area contributed by atoms with Gasteiger partial charge in [-0.1, -0.05) is 71.9 Å². The predicted octanol–water partition coefficient (Wildman–Crippen LogP) is 1.56. The van der Waals surface area contributed by atoms with Crippen molar-refractivity contribution in [2.24, 2.45) is 17.1 Å². The molecule has 1 aliphatic heterocycles. The first-order valence-electron chi connectivity index (χ1n) is 16.8. The number of carboxylic acids is 1. The molecule has 49 heavy (non-hydrogen) atoms. The van der Waals surface area contributed by atoms with Gasteiger partial charge >= 0.3 is 5.97 Å². The molecule has 0 aromatic heterocycles. The van der Waals surface area contributed by atoms with E-state index in [0.717, 1.165) is 9.80 Å². The summed E-state index contributed by atoms with van der Waals surface area (Å²) in [5.74, 6) is -4.65. The van der Waals surface area contributed by atoms with Crippen molar-refractivity contribution in [3.8, 4) is 0 Å². The summed E-state index contributed by atoms with van der Waals surface area (Å²) in [6.45, 7) is 10.7. The van der Waals surface area contributed by atoms with Gasteiger partial charge < -0.3 is 35.3 Å². The maximum atomic E-state index is 14.2. The monoisotopic (exact) mass is 686 g/mol. The second kappa shape index (κ2) is 18.3. The Morgan fingerprint density at radius 2 is 1.47 bits per heavy atom. The molecule has 0 radical (unpaired) electrons. The van der Waals surface area contributed by atoms with Crippen molar-refractivity contribution in [2.45, 2.75) is 86.4 Å². The molecular formula is C35H54N6O8. The number of rotatable bonds is 17. The molecule has 1 aromatic rings. The fourth-order valence-electron chi connectivity index (χ4n) is 5.67. The average Bonchev–Trinajstić information content (AvgIpc) is 3.51. The molecule has 1 fully saturated rings. The largest absolute Gasteiger partial charge is 0.480 e. The summed E-state index contributed by atoms with van der Waals surface area (Å²) < 4.78 is 0. The first-order chi connectivity index (χ1) is 22.8. The van der Waals surface area contributed by atoms with Crippen LogP contribution < -0.4 is 5.73 Å². The maximum Gasteiger partial charge on any atom is 0.323 e. The molecule has 0 bridgehead atoms. The highest BCUT2D eigenvalue weighted by atomic mass is 16.4. The number of aliphatic carboxylic acids is 1. The van der Waals surface area contributed by atoms with Crippen LogP contribution in [-0.2, 0) is 40.1 Å². The summed E-state index contributed by atoms with van der Waals surface area (Å²) in [5.41, 5.74) is 5.42. The van der Waals surface area contributed by atoms with Gasteiger partial charge in [-0.2, -0.15) is 0 Å². The summed E-state index contributed by atoms with van der Waals surface area (Å²) in [6, 6.07) is 7.84. The van der Waals surface area contributed by atoms with Crippen molar-refractivity contribution in [3.63, 3.8) is 0 Å². The van der Waals surface area contributed by atoms with Crippen molar-refractivity contribution < 1.29 is 38.7 Å². The van der Waals surface area contributed by atoms with Gasteiger partial charge in [0.15, 0.2) is 0 Å². The van der Waals surface area contributed by atoms with E-state index in [1.54, 1.807) is 56.0 Å². The molecule has 0 unspecified atom stereocenters.